The van der Waals surface area contributed by atoms with Crippen LogP contribution in [0.25, 0.3) is 28.2 Å². The Kier molecular flexibility index (Phi) is 7.51. The van der Waals surface area contributed by atoms with Crippen LogP contribution in [-0.4, -0.2) is 26.9 Å². The van der Waals surface area contributed by atoms with Crippen LogP contribution in [0.3, 0.4) is 0 Å². The number of hydrogen-bond donors (Lipinski definition) is 0. The third kappa shape index (κ3) is 6.12. The van der Waals surface area contributed by atoms with E-state index in [1.165, 1.54) is 35.3 Å². The predicted octanol–water partition coefficient (Wildman–Crippen LogP) is 7.93. The van der Waals surface area contributed by atoms with Crippen molar-refractivity contribution in [2.45, 2.75) is 33.1 Å². The van der Waals surface area contributed by atoms with E-state index >= 15 is 0 Å². The monoisotopic (exact) mass is 541 g/mol. The Bertz CT molecular complexity index is 1620. The molecule has 0 spiro atoms. The van der Waals surface area contributed by atoms with E-state index in [-0.39, 0.29) is 11.5 Å². The molecule has 5 rings (SSSR count). The van der Waals surface area contributed by atoms with Crippen molar-refractivity contribution in [2.24, 2.45) is 0 Å². The summed E-state index contributed by atoms with van der Waals surface area (Å²) in [6.07, 6.45) is -2.28. The molecule has 0 radical (unpaired) electrons. The van der Waals surface area contributed by atoms with Crippen LogP contribution in [0.4, 0.5) is 13.2 Å². The molecule has 0 aliphatic heterocycles. The van der Waals surface area contributed by atoms with Gasteiger partial charge in [-0.3, -0.25) is 4.79 Å². The molecular formula is C32H26F3N3O2. The summed E-state index contributed by atoms with van der Waals surface area (Å²) in [4.78, 5) is 17.6. The molecule has 40 heavy (non-hydrogen) atoms. The van der Waals surface area contributed by atoms with Gasteiger partial charge in [0.05, 0.1) is 5.69 Å². The molecule has 0 saturated heterocycles. The molecule has 0 bridgehead atoms. The lowest BCUT2D eigenvalue weighted by Crippen LogP contribution is -2.17. The van der Waals surface area contributed by atoms with Crippen molar-refractivity contribution in [1.82, 2.24) is 14.8 Å². The molecule has 5 aromatic rings. The number of carbonyl (C=O) groups is 1. The van der Waals surface area contributed by atoms with Gasteiger partial charge in [0.2, 0.25) is 0 Å². The molecule has 0 atom stereocenters. The van der Waals surface area contributed by atoms with E-state index in [1.54, 1.807) is 0 Å². The fourth-order valence-corrected chi connectivity index (χ4v) is 4.72. The molecule has 0 N–H and O–H groups in total. The van der Waals surface area contributed by atoms with Gasteiger partial charge in [-0.05, 0) is 72.4 Å². The minimum atomic E-state index is -4.74. The number of ether oxygens (including phenoxy) is 1. The highest BCUT2D eigenvalue weighted by Gasteiger charge is 2.31. The van der Waals surface area contributed by atoms with E-state index in [2.05, 4.69) is 40.8 Å². The second-order valence-electron chi connectivity index (χ2n) is 9.49. The van der Waals surface area contributed by atoms with Crippen LogP contribution in [0.1, 0.15) is 33.5 Å². The van der Waals surface area contributed by atoms with Gasteiger partial charge in [-0.25, -0.2) is 9.67 Å². The Hall–Kier alpha value is -4.72. The summed E-state index contributed by atoms with van der Waals surface area (Å²) in [7, 11) is 0. The highest BCUT2D eigenvalue weighted by Crippen LogP contribution is 2.31. The fourth-order valence-electron chi connectivity index (χ4n) is 4.72. The van der Waals surface area contributed by atoms with Crippen LogP contribution < -0.4 is 4.74 Å². The number of aromatic nitrogens is 3. The molecule has 0 saturated carbocycles. The van der Waals surface area contributed by atoms with Crippen molar-refractivity contribution < 1.29 is 22.7 Å². The molecule has 0 fully saturated rings. The van der Waals surface area contributed by atoms with Crippen LogP contribution >= 0.6 is 0 Å². The number of carbonyl (C=O) groups excluding carboxylic acids is 1. The number of alkyl halides is 3. The molecule has 8 heteroatoms. The molecule has 0 aliphatic rings. The first kappa shape index (κ1) is 26.9. The molecule has 4 aromatic carbocycles. The smallest absolute Gasteiger partial charge is 0.406 e. The van der Waals surface area contributed by atoms with Gasteiger partial charge >= 0.3 is 6.36 Å². The molecule has 202 valence electrons. The molecule has 0 aliphatic carbocycles. The number of benzene rings is 4. The van der Waals surface area contributed by atoms with E-state index in [4.69, 9.17) is 0 Å². The van der Waals surface area contributed by atoms with Crippen LogP contribution in [-0.2, 0) is 6.42 Å². The summed E-state index contributed by atoms with van der Waals surface area (Å²) in [5.74, 6) is 0.259. The summed E-state index contributed by atoms with van der Waals surface area (Å²) >= 11 is 0. The first-order valence-corrected chi connectivity index (χ1v) is 12.7. The third-order valence-corrected chi connectivity index (χ3v) is 6.66. The largest absolute Gasteiger partial charge is 0.573 e. The van der Waals surface area contributed by atoms with Gasteiger partial charge in [0.25, 0.3) is 0 Å². The van der Waals surface area contributed by atoms with Gasteiger partial charge in [0.1, 0.15) is 12.1 Å². The van der Waals surface area contributed by atoms with E-state index in [0.717, 1.165) is 38.9 Å². The maximum Gasteiger partial charge on any atom is 0.573 e. The average Bonchev–Trinajstić information content (AvgIpc) is 3.42. The van der Waals surface area contributed by atoms with Crippen molar-refractivity contribution in [1.29, 1.82) is 0 Å². The highest BCUT2D eigenvalue weighted by molar-refractivity contribution is 6.03. The number of aryl methyl sites for hydroxylation is 3. The van der Waals surface area contributed by atoms with Crippen LogP contribution in [0.2, 0.25) is 0 Å². The molecule has 1 heterocycles. The SMILES string of the molecule is Cc1cccc(C)c1-c1ccccc1C(=O)CCc1ccc(-c2ncn(-c3ccc(OC(F)(F)F)cc3)n2)cc1. The lowest BCUT2D eigenvalue weighted by atomic mass is 9.89. The fraction of sp³-hybridized carbons (Fsp3) is 0.156. The topological polar surface area (TPSA) is 57.0 Å². The maximum absolute atomic E-state index is 13.3. The van der Waals surface area contributed by atoms with E-state index in [0.29, 0.717) is 24.4 Å². The maximum atomic E-state index is 13.3. The summed E-state index contributed by atoms with van der Waals surface area (Å²) in [5, 5.41) is 4.44. The number of ketones is 1. The summed E-state index contributed by atoms with van der Waals surface area (Å²) in [5.41, 5.74) is 7.41. The second kappa shape index (κ2) is 11.2. The Balaban J connectivity index is 1.25. The Labute approximate surface area is 229 Å². The van der Waals surface area contributed by atoms with Crippen molar-refractivity contribution in [2.75, 3.05) is 0 Å². The van der Waals surface area contributed by atoms with Crippen LogP contribution in [0, 0.1) is 13.8 Å². The molecular weight excluding hydrogens is 515 g/mol. The molecule has 0 unspecified atom stereocenters. The van der Waals surface area contributed by atoms with Crippen molar-refractivity contribution >= 4 is 5.78 Å². The quantitative estimate of drug-likeness (QED) is 0.187. The minimum absolute atomic E-state index is 0.0920. The molecule has 5 nitrogen and oxygen atoms in total. The van der Waals surface area contributed by atoms with Crippen molar-refractivity contribution in [3.05, 3.63) is 120 Å². The summed E-state index contributed by atoms with van der Waals surface area (Å²) < 4.78 is 42.6. The number of rotatable bonds is 8. The Morgan fingerprint density at radius 3 is 2.20 bits per heavy atom. The normalized spacial score (nSPS) is 11.4. The van der Waals surface area contributed by atoms with Gasteiger partial charge in [0.15, 0.2) is 11.6 Å². The average molecular weight is 542 g/mol. The van der Waals surface area contributed by atoms with Gasteiger partial charge in [-0.15, -0.1) is 18.3 Å². The van der Waals surface area contributed by atoms with Gasteiger partial charge in [0, 0.05) is 17.5 Å². The van der Waals surface area contributed by atoms with Gasteiger partial charge in [-0.2, -0.15) is 0 Å². The highest BCUT2D eigenvalue weighted by atomic mass is 19.4. The van der Waals surface area contributed by atoms with E-state index in [1.807, 2.05) is 54.6 Å². The van der Waals surface area contributed by atoms with Gasteiger partial charge in [-0.1, -0.05) is 66.7 Å². The first-order valence-electron chi connectivity index (χ1n) is 12.7. The summed E-state index contributed by atoms with van der Waals surface area (Å²) in [6, 6.07) is 27.0. The zero-order valence-corrected chi connectivity index (χ0v) is 21.9. The predicted molar refractivity (Wildman–Crippen MR) is 147 cm³/mol. The molecule has 1 aromatic heterocycles. The number of nitrogens with zero attached hydrogens (tertiary/aromatic N) is 3. The molecule has 0 amide bonds. The lowest BCUT2D eigenvalue weighted by molar-refractivity contribution is -0.274. The van der Waals surface area contributed by atoms with Crippen LogP contribution in [0.15, 0.2) is 97.3 Å². The van der Waals surface area contributed by atoms with Gasteiger partial charge < -0.3 is 4.74 Å². The Morgan fingerprint density at radius 2 is 1.52 bits per heavy atom. The zero-order chi connectivity index (χ0) is 28.3. The lowest BCUT2D eigenvalue weighted by Gasteiger charge is -2.14. The number of Topliss-reactive ketones (excluding diaryl/α,β-unsaturated/α-hetero) is 1. The minimum Gasteiger partial charge on any atom is -0.406 e. The standard InChI is InChI=1S/C32H26F3N3O2/c1-21-6-5-7-22(2)30(21)28-9-4-3-8-27(28)29(39)19-12-23-10-13-24(14-11-23)31-36-20-38(37-31)25-15-17-26(18-16-25)40-32(33,34)35/h3-11,13-18,20H,12,19H2,1-2H3. The first-order chi connectivity index (χ1) is 19.2. The van der Waals surface area contributed by atoms with E-state index in [9.17, 15) is 18.0 Å². The Morgan fingerprint density at radius 1 is 0.850 bits per heavy atom. The second-order valence-corrected chi connectivity index (χ2v) is 9.49. The van der Waals surface area contributed by atoms with Crippen molar-refractivity contribution in [3.63, 3.8) is 0 Å². The van der Waals surface area contributed by atoms with Crippen LogP contribution in [0.5, 0.6) is 5.75 Å². The zero-order valence-electron chi connectivity index (χ0n) is 21.9. The third-order valence-electron chi connectivity index (χ3n) is 6.66. The van der Waals surface area contributed by atoms with Crippen molar-refractivity contribution in [3.8, 4) is 34.0 Å². The summed E-state index contributed by atoms with van der Waals surface area (Å²) in [6.45, 7) is 4.12. The number of hydrogen-bond acceptors (Lipinski definition) is 4. The number of halogens is 3. The van der Waals surface area contributed by atoms with E-state index < -0.39 is 6.36 Å².